The van der Waals surface area contributed by atoms with Crippen LogP contribution in [0.2, 0.25) is 0 Å². The van der Waals surface area contributed by atoms with Crippen LogP contribution in [0.25, 0.3) is 0 Å². The molecule has 0 saturated heterocycles. The second-order valence-electron chi connectivity index (χ2n) is 5.50. The van der Waals surface area contributed by atoms with Crippen molar-refractivity contribution in [2.45, 2.75) is 91.4 Å². The molecule has 0 aliphatic carbocycles. The molecular formula is C17H34. The SMILES string of the molecule is CCC/C=C/CCCCCCC(C)CCCC. The van der Waals surface area contributed by atoms with Gasteiger partial charge in [-0.15, -0.1) is 0 Å². The van der Waals surface area contributed by atoms with Crippen molar-refractivity contribution in [2.75, 3.05) is 0 Å². The lowest BCUT2D eigenvalue weighted by Gasteiger charge is -2.09. The van der Waals surface area contributed by atoms with E-state index in [-0.39, 0.29) is 0 Å². The number of allylic oxidation sites excluding steroid dienone is 2. The van der Waals surface area contributed by atoms with Gasteiger partial charge in [0.05, 0.1) is 0 Å². The molecule has 0 nitrogen and oxygen atoms in total. The number of unbranched alkanes of at least 4 members (excludes halogenated alkanes) is 6. The maximum atomic E-state index is 2.42. The first-order valence-electron chi connectivity index (χ1n) is 7.96. The maximum Gasteiger partial charge on any atom is -0.0351 e. The summed E-state index contributed by atoms with van der Waals surface area (Å²) in [7, 11) is 0. The van der Waals surface area contributed by atoms with E-state index in [1.54, 1.807) is 0 Å². The zero-order valence-electron chi connectivity index (χ0n) is 12.5. The van der Waals surface area contributed by atoms with Crippen LogP contribution in [0.5, 0.6) is 0 Å². The molecule has 0 saturated carbocycles. The van der Waals surface area contributed by atoms with E-state index in [1.165, 1.54) is 70.6 Å². The maximum absolute atomic E-state index is 2.42. The van der Waals surface area contributed by atoms with Gasteiger partial charge >= 0.3 is 0 Å². The van der Waals surface area contributed by atoms with Gasteiger partial charge in [0.25, 0.3) is 0 Å². The Labute approximate surface area is 110 Å². The summed E-state index contributed by atoms with van der Waals surface area (Å²) >= 11 is 0. The van der Waals surface area contributed by atoms with Crippen molar-refractivity contribution >= 4 is 0 Å². The fraction of sp³-hybridized carbons (Fsp3) is 0.882. The molecule has 0 aliphatic heterocycles. The molecule has 0 spiro atoms. The van der Waals surface area contributed by atoms with Crippen molar-refractivity contribution in [1.29, 1.82) is 0 Å². The van der Waals surface area contributed by atoms with Crippen LogP contribution in [-0.4, -0.2) is 0 Å². The van der Waals surface area contributed by atoms with E-state index in [1.807, 2.05) is 0 Å². The van der Waals surface area contributed by atoms with Crippen LogP contribution in [0.1, 0.15) is 91.4 Å². The summed E-state index contributed by atoms with van der Waals surface area (Å²) in [5.41, 5.74) is 0. The zero-order valence-corrected chi connectivity index (χ0v) is 12.5. The van der Waals surface area contributed by atoms with Crippen molar-refractivity contribution in [3.8, 4) is 0 Å². The van der Waals surface area contributed by atoms with Crippen molar-refractivity contribution in [3.63, 3.8) is 0 Å². The molecule has 0 N–H and O–H groups in total. The molecule has 0 aromatic heterocycles. The lowest BCUT2D eigenvalue weighted by atomic mass is 9.97. The summed E-state index contributed by atoms with van der Waals surface area (Å²) in [5.74, 6) is 0.958. The summed E-state index contributed by atoms with van der Waals surface area (Å²) in [4.78, 5) is 0. The fourth-order valence-corrected chi connectivity index (χ4v) is 2.21. The molecule has 0 rings (SSSR count). The van der Waals surface area contributed by atoms with E-state index in [0.29, 0.717) is 0 Å². The average molecular weight is 238 g/mol. The summed E-state index contributed by atoms with van der Waals surface area (Å²) in [6.45, 7) is 6.95. The Morgan fingerprint density at radius 1 is 0.706 bits per heavy atom. The number of hydrogen-bond donors (Lipinski definition) is 0. The van der Waals surface area contributed by atoms with Crippen LogP contribution in [0.4, 0.5) is 0 Å². The Bertz CT molecular complexity index is 157. The molecule has 0 radical (unpaired) electrons. The Morgan fingerprint density at radius 2 is 1.35 bits per heavy atom. The topological polar surface area (TPSA) is 0 Å². The number of hydrogen-bond acceptors (Lipinski definition) is 0. The highest BCUT2D eigenvalue weighted by atomic mass is 14.1. The monoisotopic (exact) mass is 238 g/mol. The lowest BCUT2D eigenvalue weighted by Crippen LogP contribution is -1.94. The Hall–Kier alpha value is -0.260. The molecule has 17 heavy (non-hydrogen) atoms. The van der Waals surface area contributed by atoms with Crippen LogP contribution in [0.15, 0.2) is 12.2 Å². The van der Waals surface area contributed by atoms with Gasteiger partial charge in [-0.1, -0.05) is 84.3 Å². The van der Waals surface area contributed by atoms with E-state index in [9.17, 15) is 0 Å². The molecule has 0 heteroatoms. The average Bonchev–Trinajstić information content (AvgIpc) is 2.34. The molecule has 0 heterocycles. The lowest BCUT2D eigenvalue weighted by molar-refractivity contribution is 0.443. The van der Waals surface area contributed by atoms with Crippen molar-refractivity contribution in [1.82, 2.24) is 0 Å². The minimum absolute atomic E-state index is 0.958. The van der Waals surface area contributed by atoms with Gasteiger partial charge in [0.1, 0.15) is 0 Å². The largest absolute Gasteiger partial charge is 0.0885 e. The first-order chi connectivity index (χ1) is 8.31. The van der Waals surface area contributed by atoms with Gasteiger partial charge in [-0.05, 0) is 25.2 Å². The third-order valence-electron chi connectivity index (χ3n) is 3.49. The first kappa shape index (κ1) is 16.7. The molecule has 0 amide bonds. The van der Waals surface area contributed by atoms with Crippen LogP contribution in [-0.2, 0) is 0 Å². The van der Waals surface area contributed by atoms with Gasteiger partial charge in [-0.3, -0.25) is 0 Å². The number of rotatable bonds is 12. The Kier molecular flexibility index (Phi) is 13.6. The van der Waals surface area contributed by atoms with E-state index in [4.69, 9.17) is 0 Å². The van der Waals surface area contributed by atoms with E-state index in [0.717, 1.165) is 5.92 Å². The van der Waals surface area contributed by atoms with Crippen molar-refractivity contribution in [2.24, 2.45) is 5.92 Å². The van der Waals surface area contributed by atoms with Gasteiger partial charge in [0.15, 0.2) is 0 Å². The first-order valence-corrected chi connectivity index (χ1v) is 7.96. The van der Waals surface area contributed by atoms with Crippen molar-refractivity contribution < 1.29 is 0 Å². The van der Waals surface area contributed by atoms with Crippen LogP contribution in [0.3, 0.4) is 0 Å². The highest BCUT2D eigenvalue weighted by molar-refractivity contribution is 4.80. The van der Waals surface area contributed by atoms with Crippen LogP contribution in [0, 0.1) is 5.92 Å². The van der Waals surface area contributed by atoms with E-state index in [2.05, 4.69) is 32.9 Å². The fourth-order valence-electron chi connectivity index (χ4n) is 2.21. The van der Waals surface area contributed by atoms with Gasteiger partial charge in [0, 0.05) is 0 Å². The second kappa shape index (κ2) is 13.8. The van der Waals surface area contributed by atoms with Crippen molar-refractivity contribution in [3.05, 3.63) is 12.2 Å². The molecule has 0 bridgehead atoms. The quantitative estimate of drug-likeness (QED) is 0.268. The molecule has 1 atom stereocenters. The third kappa shape index (κ3) is 13.7. The summed E-state index contributed by atoms with van der Waals surface area (Å²) in [6.07, 6.45) is 19.9. The van der Waals surface area contributed by atoms with E-state index < -0.39 is 0 Å². The Balaban J connectivity index is 3.12. The molecule has 0 aliphatic rings. The molecule has 102 valence electrons. The van der Waals surface area contributed by atoms with Gasteiger partial charge < -0.3 is 0 Å². The summed E-state index contributed by atoms with van der Waals surface area (Å²) in [5, 5.41) is 0. The summed E-state index contributed by atoms with van der Waals surface area (Å²) < 4.78 is 0. The minimum atomic E-state index is 0.958. The molecule has 0 aromatic carbocycles. The van der Waals surface area contributed by atoms with Gasteiger partial charge in [0.2, 0.25) is 0 Å². The van der Waals surface area contributed by atoms with Crippen LogP contribution >= 0.6 is 0 Å². The highest BCUT2D eigenvalue weighted by Crippen LogP contribution is 2.16. The standard InChI is InChI=1S/C17H34/c1-4-6-8-9-10-11-12-13-14-16-17(3)15-7-5-2/h8-9,17H,4-7,10-16H2,1-3H3/b9-8+. The zero-order chi connectivity index (χ0) is 12.8. The van der Waals surface area contributed by atoms with Gasteiger partial charge in [-0.2, -0.15) is 0 Å². The smallest absolute Gasteiger partial charge is 0.0351 e. The Morgan fingerprint density at radius 3 is 2.06 bits per heavy atom. The summed E-state index contributed by atoms with van der Waals surface area (Å²) in [6, 6.07) is 0. The third-order valence-corrected chi connectivity index (χ3v) is 3.49. The molecular weight excluding hydrogens is 204 g/mol. The highest BCUT2D eigenvalue weighted by Gasteiger charge is 2.00. The normalized spacial score (nSPS) is 13.4. The predicted molar refractivity (Wildman–Crippen MR) is 80.4 cm³/mol. The van der Waals surface area contributed by atoms with Crippen LogP contribution < -0.4 is 0 Å². The molecule has 0 aromatic rings. The minimum Gasteiger partial charge on any atom is -0.0885 e. The predicted octanol–water partition coefficient (Wildman–Crippen LogP) is 6.51. The molecule has 1 unspecified atom stereocenters. The molecule has 0 fully saturated rings. The second-order valence-corrected chi connectivity index (χ2v) is 5.50. The van der Waals surface area contributed by atoms with E-state index >= 15 is 0 Å². The van der Waals surface area contributed by atoms with Gasteiger partial charge in [-0.25, -0.2) is 0 Å².